The summed E-state index contributed by atoms with van der Waals surface area (Å²) in [6, 6.07) is 6.40. The molecule has 80 valence electrons. The van der Waals surface area contributed by atoms with Crippen LogP contribution in [0.25, 0.3) is 21.9 Å². The highest BCUT2D eigenvalue weighted by Crippen LogP contribution is 2.27. The number of hydrogen-bond donors (Lipinski definition) is 1. The monoisotopic (exact) mass is 216 g/mol. The van der Waals surface area contributed by atoms with E-state index in [0.29, 0.717) is 5.69 Å². The van der Waals surface area contributed by atoms with Gasteiger partial charge in [0.15, 0.2) is 6.29 Å². The second kappa shape index (κ2) is 2.95. The first-order valence-electron chi connectivity index (χ1n) is 4.92. The normalized spacial score (nSPS) is 11.4. The highest BCUT2D eigenvalue weighted by atomic mass is 19.1. The Bertz CT molecular complexity index is 709. The molecule has 0 saturated carbocycles. The van der Waals surface area contributed by atoms with Crippen molar-refractivity contribution in [2.75, 3.05) is 0 Å². The van der Waals surface area contributed by atoms with E-state index in [1.807, 2.05) is 0 Å². The molecule has 0 fully saturated rings. The lowest BCUT2D eigenvalue weighted by Gasteiger charge is -1.94. The fraction of sp³-hybridized carbons (Fsp3) is 0.0833. The number of fused-ring (bicyclic) bond motifs is 3. The van der Waals surface area contributed by atoms with Crippen molar-refractivity contribution in [2.24, 2.45) is 7.05 Å². The molecule has 3 rings (SSSR count). The number of carbonyl (C=O) groups is 1. The Hall–Kier alpha value is -2.10. The third-order valence-corrected chi connectivity index (χ3v) is 2.92. The number of nitrogens with one attached hydrogen (secondary N) is 1. The largest absolute Gasteiger partial charge is 0.341 e. The molecule has 0 spiro atoms. The lowest BCUT2D eigenvalue weighted by Crippen LogP contribution is -1.93. The van der Waals surface area contributed by atoms with Gasteiger partial charge in [-0.15, -0.1) is 0 Å². The van der Waals surface area contributed by atoms with Crippen LogP contribution < -0.4 is 0 Å². The number of benzene rings is 1. The molecule has 0 saturated heterocycles. The fourth-order valence-corrected chi connectivity index (χ4v) is 2.07. The number of aromatic nitrogens is 2. The van der Waals surface area contributed by atoms with Gasteiger partial charge in [0.2, 0.25) is 0 Å². The van der Waals surface area contributed by atoms with Gasteiger partial charge in [-0.3, -0.25) is 4.79 Å². The molecule has 4 heteroatoms. The summed E-state index contributed by atoms with van der Waals surface area (Å²) in [6.07, 6.45) is 0.809. The van der Waals surface area contributed by atoms with Gasteiger partial charge < -0.3 is 9.55 Å². The first-order chi connectivity index (χ1) is 7.70. The minimum Gasteiger partial charge on any atom is -0.341 e. The number of aldehydes is 1. The molecule has 0 aliphatic rings. The van der Waals surface area contributed by atoms with Crippen LogP contribution in [0.15, 0.2) is 24.3 Å². The zero-order valence-electron chi connectivity index (χ0n) is 8.62. The second-order valence-corrected chi connectivity index (χ2v) is 3.82. The maximum Gasteiger partial charge on any atom is 0.166 e. The van der Waals surface area contributed by atoms with Gasteiger partial charge in [-0.25, -0.2) is 4.39 Å². The van der Waals surface area contributed by atoms with Gasteiger partial charge in [0.1, 0.15) is 11.5 Å². The molecule has 2 heterocycles. The number of H-pyrrole nitrogens is 1. The zero-order chi connectivity index (χ0) is 11.3. The molecule has 1 aromatic carbocycles. The van der Waals surface area contributed by atoms with E-state index in [0.717, 1.165) is 28.2 Å². The van der Waals surface area contributed by atoms with Crippen molar-refractivity contribution in [3.63, 3.8) is 0 Å². The van der Waals surface area contributed by atoms with Crippen molar-refractivity contribution in [3.8, 4) is 0 Å². The molecular formula is C12H9FN2O. The van der Waals surface area contributed by atoms with Crippen LogP contribution in [-0.4, -0.2) is 15.8 Å². The maximum atomic E-state index is 13.0. The lowest BCUT2D eigenvalue weighted by atomic mass is 10.2. The van der Waals surface area contributed by atoms with Crippen LogP contribution in [-0.2, 0) is 7.05 Å². The van der Waals surface area contributed by atoms with Crippen LogP contribution in [0.2, 0.25) is 0 Å². The third kappa shape index (κ3) is 1.04. The van der Waals surface area contributed by atoms with E-state index in [1.54, 1.807) is 23.7 Å². The summed E-state index contributed by atoms with van der Waals surface area (Å²) in [6.45, 7) is 0. The Labute approximate surface area is 90.5 Å². The number of aromatic amines is 1. The van der Waals surface area contributed by atoms with Gasteiger partial charge in [-0.05, 0) is 24.3 Å². The van der Waals surface area contributed by atoms with E-state index in [1.165, 1.54) is 12.1 Å². The summed E-state index contributed by atoms with van der Waals surface area (Å²) in [5, 5.41) is 1.87. The van der Waals surface area contributed by atoms with E-state index in [2.05, 4.69) is 4.98 Å². The van der Waals surface area contributed by atoms with Gasteiger partial charge in [0.25, 0.3) is 0 Å². The molecule has 0 aliphatic heterocycles. The number of halogens is 1. The van der Waals surface area contributed by atoms with Crippen molar-refractivity contribution >= 4 is 28.2 Å². The predicted octanol–water partition coefficient (Wildman–Crippen LogP) is 2.61. The second-order valence-electron chi connectivity index (χ2n) is 3.82. The van der Waals surface area contributed by atoms with E-state index in [-0.39, 0.29) is 5.82 Å². The van der Waals surface area contributed by atoms with Gasteiger partial charge in [0.05, 0.1) is 11.2 Å². The highest BCUT2D eigenvalue weighted by Gasteiger charge is 2.11. The van der Waals surface area contributed by atoms with Crippen LogP contribution in [0.1, 0.15) is 10.5 Å². The van der Waals surface area contributed by atoms with Crippen LogP contribution in [0.3, 0.4) is 0 Å². The minimum absolute atomic E-state index is 0.269. The molecule has 2 aromatic heterocycles. The predicted molar refractivity (Wildman–Crippen MR) is 60.1 cm³/mol. The molecule has 0 radical (unpaired) electrons. The number of rotatable bonds is 1. The van der Waals surface area contributed by atoms with Gasteiger partial charge >= 0.3 is 0 Å². The maximum absolute atomic E-state index is 13.0. The van der Waals surface area contributed by atoms with Crippen LogP contribution in [0, 0.1) is 5.82 Å². The van der Waals surface area contributed by atoms with Crippen molar-refractivity contribution in [1.82, 2.24) is 9.55 Å². The number of aryl methyl sites for hydroxylation is 1. The van der Waals surface area contributed by atoms with Crippen molar-refractivity contribution in [3.05, 3.63) is 35.8 Å². The molecule has 1 N–H and O–H groups in total. The van der Waals surface area contributed by atoms with Crippen molar-refractivity contribution in [1.29, 1.82) is 0 Å². The highest BCUT2D eigenvalue weighted by molar-refractivity contribution is 6.08. The number of hydrogen-bond acceptors (Lipinski definition) is 1. The molecular weight excluding hydrogens is 207 g/mol. The number of nitrogens with zero attached hydrogens (tertiary/aromatic N) is 1. The summed E-state index contributed by atoms with van der Waals surface area (Å²) in [5.74, 6) is -0.269. The molecule has 3 nitrogen and oxygen atoms in total. The Kier molecular flexibility index (Phi) is 1.68. The Morgan fingerprint density at radius 1 is 1.31 bits per heavy atom. The van der Waals surface area contributed by atoms with E-state index in [9.17, 15) is 9.18 Å². The van der Waals surface area contributed by atoms with E-state index >= 15 is 0 Å². The standard InChI is InChI=1S/C12H9FN2O/c1-15-8(6-16)5-10-9-3-2-7(13)4-11(9)14-12(10)15/h2-6,14H,1H3. The molecule has 0 unspecified atom stereocenters. The van der Waals surface area contributed by atoms with Crippen molar-refractivity contribution < 1.29 is 9.18 Å². The third-order valence-electron chi connectivity index (χ3n) is 2.92. The fourth-order valence-electron chi connectivity index (χ4n) is 2.07. The molecule has 0 bridgehead atoms. The summed E-state index contributed by atoms with van der Waals surface area (Å²) >= 11 is 0. The molecule has 0 aliphatic carbocycles. The number of carbonyl (C=O) groups excluding carboxylic acids is 1. The lowest BCUT2D eigenvalue weighted by molar-refractivity contribution is 0.111. The SMILES string of the molecule is Cn1c(C=O)cc2c3ccc(F)cc3[nH]c21. The van der Waals surface area contributed by atoms with Crippen molar-refractivity contribution in [2.45, 2.75) is 0 Å². The molecule has 0 atom stereocenters. The van der Waals surface area contributed by atoms with Crippen LogP contribution >= 0.6 is 0 Å². The van der Waals surface area contributed by atoms with Gasteiger partial charge in [0, 0.05) is 17.8 Å². The first-order valence-corrected chi connectivity index (χ1v) is 4.92. The summed E-state index contributed by atoms with van der Waals surface area (Å²) < 4.78 is 14.8. The van der Waals surface area contributed by atoms with E-state index < -0.39 is 0 Å². The average molecular weight is 216 g/mol. The van der Waals surface area contributed by atoms with Gasteiger partial charge in [-0.1, -0.05) is 0 Å². The topological polar surface area (TPSA) is 37.8 Å². The molecule has 0 amide bonds. The smallest absolute Gasteiger partial charge is 0.166 e. The van der Waals surface area contributed by atoms with E-state index in [4.69, 9.17) is 0 Å². The summed E-state index contributed by atoms with van der Waals surface area (Å²) in [4.78, 5) is 13.9. The van der Waals surface area contributed by atoms with Gasteiger partial charge in [-0.2, -0.15) is 0 Å². The summed E-state index contributed by atoms with van der Waals surface area (Å²) in [7, 11) is 1.80. The van der Waals surface area contributed by atoms with Crippen LogP contribution in [0.5, 0.6) is 0 Å². The Morgan fingerprint density at radius 2 is 2.12 bits per heavy atom. The Balaban J connectivity index is 2.49. The summed E-state index contributed by atoms with van der Waals surface area (Å²) in [5.41, 5.74) is 2.19. The minimum atomic E-state index is -0.269. The first kappa shape index (κ1) is 9.15. The molecule has 3 aromatic rings. The van der Waals surface area contributed by atoms with Crippen LogP contribution in [0.4, 0.5) is 4.39 Å². The average Bonchev–Trinajstić information content (AvgIpc) is 2.75. The molecule has 16 heavy (non-hydrogen) atoms. The zero-order valence-corrected chi connectivity index (χ0v) is 8.62. The quantitative estimate of drug-likeness (QED) is 0.624. The Morgan fingerprint density at radius 3 is 2.88 bits per heavy atom.